The molecule has 0 bridgehead atoms. The first-order chi connectivity index (χ1) is 10.1. The number of hydrazine groups is 1. The van der Waals surface area contributed by atoms with Gasteiger partial charge in [-0.2, -0.15) is 0 Å². The van der Waals surface area contributed by atoms with Crippen molar-refractivity contribution >= 4 is 28.9 Å². The minimum Gasteiger partial charge on any atom is -0.321 e. The lowest BCUT2D eigenvalue weighted by Gasteiger charge is -2.40. The molecule has 2 aromatic carbocycles. The minimum atomic E-state index is -0.0150. The van der Waals surface area contributed by atoms with E-state index in [-0.39, 0.29) is 5.91 Å². The van der Waals surface area contributed by atoms with E-state index in [2.05, 4.69) is 4.90 Å². The fourth-order valence-electron chi connectivity index (χ4n) is 2.46. The van der Waals surface area contributed by atoms with E-state index in [4.69, 9.17) is 11.6 Å². The molecule has 21 heavy (non-hydrogen) atoms. The molecular formula is C16H16ClN3O. The number of benzene rings is 2. The summed E-state index contributed by atoms with van der Waals surface area (Å²) in [5, 5.41) is 4.12. The number of halogens is 1. The third-order valence-corrected chi connectivity index (χ3v) is 3.78. The molecule has 0 saturated carbocycles. The Morgan fingerprint density at radius 1 is 1.10 bits per heavy atom. The van der Waals surface area contributed by atoms with E-state index in [0.717, 1.165) is 11.4 Å². The summed E-state index contributed by atoms with van der Waals surface area (Å²) >= 11 is 6.11. The molecule has 108 valence electrons. The van der Waals surface area contributed by atoms with Crippen LogP contribution in [0.5, 0.6) is 0 Å². The summed E-state index contributed by atoms with van der Waals surface area (Å²) in [4.78, 5) is 14.6. The second-order valence-electron chi connectivity index (χ2n) is 5.12. The van der Waals surface area contributed by atoms with Gasteiger partial charge in [-0.25, -0.2) is 5.01 Å². The third-order valence-electron chi connectivity index (χ3n) is 3.54. The monoisotopic (exact) mass is 301 g/mol. The first-order valence-corrected chi connectivity index (χ1v) is 7.07. The van der Waals surface area contributed by atoms with Crippen LogP contribution in [0.25, 0.3) is 0 Å². The Kier molecular flexibility index (Phi) is 3.57. The van der Waals surface area contributed by atoms with Gasteiger partial charge in [0.2, 0.25) is 0 Å². The zero-order chi connectivity index (χ0) is 15.0. The van der Waals surface area contributed by atoms with Crippen LogP contribution in [-0.4, -0.2) is 36.7 Å². The van der Waals surface area contributed by atoms with Crippen LogP contribution in [0.4, 0.5) is 11.4 Å². The zero-order valence-electron chi connectivity index (χ0n) is 12.0. The Bertz CT molecular complexity index is 672. The number of hydrogen-bond donors (Lipinski definition) is 0. The number of carbonyl (C=O) groups excluding carboxylic acids is 1. The Balaban J connectivity index is 2.14. The predicted octanol–water partition coefficient (Wildman–Crippen LogP) is 3.37. The summed E-state index contributed by atoms with van der Waals surface area (Å²) < 4.78 is 0. The maximum absolute atomic E-state index is 12.6. The van der Waals surface area contributed by atoms with E-state index in [1.807, 2.05) is 50.5 Å². The van der Waals surface area contributed by atoms with Crippen molar-refractivity contribution in [3.8, 4) is 0 Å². The SMILES string of the molecule is CN(C)N1CN(c2ccccc2)c2cc(Cl)ccc2C1=O. The molecule has 0 aliphatic carbocycles. The Morgan fingerprint density at radius 3 is 2.48 bits per heavy atom. The predicted molar refractivity (Wildman–Crippen MR) is 84.8 cm³/mol. The molecule has 3 rings (SSSR count). The highest BCUT2D eigenvalue weighted by atomic mass is 35.5. The van der Waals surface area contributed by atoms with Gasteiger partial charge < -0.3 is 4.90 Å². The topological polar surface area (TPSA) is 26.8 Å². The number of carbonyl (C=O) groups is 1. The molecule has 0 radical (unpaired) electrons. The van der Waals surface area contributed by atoms with Crippen molar-refractivity contribution in [1.82, 2.24) is 10.0 Å². The highest BCUT2D eigenvalue weighted by molar-refractivity contribution is 6.31. The first kappa shape index (κ1) is 13.9. The average molecular weight is 302 g/mol. The molecule has 1 aliphatic rings. The number of anilines is 2. The molecule has 0 atom stereocenters. The smallest absolute Gasteiger partial charge is 0.271 e. The fourth-order valence-corrected chi connectivity index (χ4v) is 2.63. The second kappa shape index (κ2) is 5.39. The number of fused-ring (bicyclic) bond motifs is 1. The van der Waals surface area contributed by atoms with Crippen molar-refractivity contribution in [2.45, 2.75) is 0 Å². The fraction of sp³-hybridized carbons (Fsp3) is 0.188. The van der Waals surface area contributed by atoms with Crippen molar-refractivity contribution in [1.29, 1.82) is 0 Å². The molecule has 0 saturated heterocycles. The highest BCUT2D eigenvalue weighted by Crippen LogP contribution is 2.35. The first-order valence-electron chi connectivity index (χ1n) is 6.69. The number of rotatable bonds is 2. The molecule has 0 N–H and O–H groups in total. The van der Waals surface area contributed by atoms with E-state index in [9.17, 15) is 4.79 Å². The number of amides is 1. The van der Waals surface area contributed by atoms with Gasteiger partial charge in [0, 0.05) is 24.8 Å². The highest BCUT2D eigenvalue weighted by Gasteiger charge is 2.31. The van der Waals surface area contributed by atoms with Crippen LogP contribution in [0.1, 0.15) is 10.4 Å². The molecule has 1 heterocycles. The van der Waals surface area contributed by atoms with Crippen molar-refractivity contribution in [3.63, 3.8) is 0 Å². The van der Waals surface area contributed by atoms with Gasteiger partial charge in [-0.05, 0) is 30.3 Å². The van der Waals surface area contributed by atoms with E-state index in [1.165, 1.54) is 0 Å². The molecule has 0 unspecified atom stereocenters. The molecule has 0 spiro atoms. The van der Waals surface area contributed by atoms with Crippen LogP contribution >= 0.6 is 11.6 Å². The molecular weight excluding hydrogens is 286 g/mol. The summed E-state index contributed by atoms with van der Waals surface area (Å²) in [6.07, 6.45) is 0. The lowest BCUT2D eigenvalue weighted by Crippen LogP contribution is -2.51. The van der Waals surface area contributed by atoms with Crippen LogP contribution in [0.15, 0.2) is 48.5 Å². The Hall–Kier alpha value is -2.04. The molecule has 1 aliphatic heterocycles. The molecule has 5 heteroatoms. The van der Waals surface area contributed by atoms with Gasteiger partial charge in [-0.3, -0.25) is 9.80 Å². The van der Waals surface area contributed by atoms with Gasteiger partial charge in [0.15, 0.2) is 0 Å². The van der Waals surface area contributed by atoms with Gasteiger partial charge >= 0.3 is 0 Å². The van der Waals surface area contributed by atoms with Crippen LogP contribution in [0.3, 0.4) is 0 Å². The average Bonchev–Trinajstić information content (AvgIpc) is 2.48. The third kappa shape index (κ3) is 2.48. The van der Waals surface area contributed by atoms with Gasteiger partial charge in [-0.1, -0.05) is 29.8 Å². The Morgan fingerprint density at radius 2 is 1.81 bits per heavy atom. The quantitative estimate of drug-likeness (QED) is 0.851. The summed E-state index contributed by atoms with van der Waals surface area (Å²) in [5.41, 5.74) is 2.53. The van der Waals surface area contributed by atoms with Gasteiger partial charge in [-0.15, -0.1) is 0 Å². The second-order valence-corrected chi connectivity index (χ2v) is 5.55. The van der Waals surface area contributed by atoms with Crippen LogP contribution in [0, 0.1) is 0 Å². The standard InChI is InChI=1S/C16H16ClN3O/c1-18(2)20-11-19(13-6-4-3-5-7-13)15-10-12(17)8-9-14(15)16(20)21/h3-10H,11H2,1-2H3. The molecule has 4 nitrogen and oxygen atoms in total. The molecule has 0 fully saturated rings. The summed E-state index contributed by atoms with van der Waals surface area (Å²) in [6.45, 7) is 0.461. The molecule has 2 aromatic rings. The zero-order valence-corrected chi connectivity index (χ0v) is 12.7. The summed E-state index contributed by atoms with van der Waals surface area (Å²) in [7, 11) is 3.73. The van der Waals surface area contributed by atoms with Gasteiger partial charge in [0.25, 0.3) is 5.91 Å². The lowest BCUT2D eigenvalue weighted by atomic mass is 10.1. The Labute approximate surface area is 129 Å². The number of hydrogen-bond acceptors (Lipinski definition) is 3. The van der Waals surface area contributed by atoms with E-state index < -0.39 is 0 Å². The maximum atomic E-state index is 12.6. The van der Waals surface area contributed by atoms with E-state index >= 15 is 0 Å². The van der Waals surface area contributed by atoms with E-state index in [0.29, 0.717) is 17.3 Å². The van der Waals surface area contributed by atoms with Crippen LogP contribution < -0.4 is 4.90 Å². The van der Waals surface area contributed by atoms with Crippen molar-refractivity contribution in [3.05, 3.63) is 59.1 Å². The largest absolute Gasteiger partial charge is 0.321 e. The molecule has 1 amide bonds. The van der Waals surface area contributed by atoms with Gasteiger partial charge in [0.05, 0.1) is 11.3 Å². The number of nitrogens with zero attached hydrogens (tertiary/aromatic N) is 3. The summed E-state index contributed by atoms with van der Waals surface area (Å²) in [6, 6.07) is 15.4. The maximum Gasteiger partial charge on any atom is 0.271 e. The number of para-hydroxylation sites is 1. The summed E-state index contributed by atoms with van der Waals surface area (Å²) in [5.74, 6) is -0.0150. The van der Waals surface area contributed by atoms with Crippen molar-refractivity contribution in [2.24, 2.45) is 0 Å². The van der Waals surface area contributed by atoms with Crippen LogP contribution in [-0.2, 0) is 0 Å². The normalized spacial score (nSPS) is 14.6. The van der Waals surface area contributed by atoms with Crippen LogP contribution in [0.2, 0.25) is 5.02 Å². The van der Waals surface area contributed by atoms with Gasteiger partial charge in [0.1, 0.15) is 6.67 Å². The minimum absolute atomic E-state index is 0.0150. The lowest BCUT2D eigenvalue weighted by molar-refractivity contribution is 0.0192. The van der Waals surface area contributed by atoms with E-state index in [1.54, 1.807) is 22.2 Å². The van der Waals surface area contributed by atoms with Crippen molar-refractivity contribution in [2.75, 3.05) is 25.7 Å². The van der Waals surface area contributed by atoms with Crippen molar-refractivity contribution < 1.29 is 4.79 Å². The molecule has 0 aromatic heterocycles.